The highest BCUT2D eigenvalue weighted by molar-refractivity contribution is 7.25. The Hall–Kier alpha value is -5.58. The van der Waals surface area contributed by atoms with Crippen LogP contribution < -0.4 is 20.6 Å². The molecule has 7 aromatic carbocycles. The number of anilines is 5. The Morgan fingerprint density at radius 2 is 1.34 bits per heavy atom. The molecule has 0 fully saturated rings. The van der Waals surface area contributed by atoms with Crippen LogP contribution in [0.4, 0.5) is 28.4 Å². The molecule has 8 aromatic rings. The minimum Gasteiger partial charge on any atom is -0.376 e. The molecule has 0 saturated carbocycles. The number of nitrogens with zero attached hydrogens (tertiary/aromatic N) is 2. The summed E-state index contributed by atoms with van der Waals surface area (Å²) in [5.74, 6) is 0. The zero-order chi connectivity index (χ0) is 37.7. The van der Waals surface area contributed by atoms with Crippen molar-refractivity contribution in [2.24, 2.45) is 0 Å². The second-order valence-electron chi connectivity index (χ2n) is 17.5. The number of unbranched alkanes of at least 4 members (excludes halogenated alkanes) is 1. The number of aryl methyl sites for hydroxylation is 1. The van der Waals surface area contributed by atoms with Gasteiger partial charge in [-0.1, -0.05) is 132 Å². The van der Waals surface area contributed by atoms with E-state index in [9.17, 15) is 0 Å². The van der Waals surface area contributed by atoms with Crippen LogP contribution in [0, 0.1) is 0 Å². The Labute approximate surface area is 334 Å². The van der Waals surface area contributed by atoms with Gasteiger partial charge in [0, 0.05) is 59.3 Å². The number of rotatable bonds is 4. The third-order valence-corrected chi connectivity index (χ3v) is 14.9. The summed E-state index contributed by atoms with van der Waals surface area (Å²) in [7, 11) is 0. The smallest absolute Gasteiger partial charge is 0.333 e. The molecule has 1 aliphatic carbocycles. The Morgan fingerprint density at radius 1 is 0.589 bits per heavy atom. The Balaban J connectivity index is 1.26. The molecule has 1 aromatic heterocycles. The van der Waals surface area contributed by atoms with Crippen LogP contribution in [0.25, 0.3) is 42.4 Å². The lowest BCUT2D eigenvalue weighted by Gasteiger charge is -2.51. The van der Waals surface area contributed by atoms with Crippen molar-refractivity contribution >= 4 is 77.7 Å². The standard InChI is InChI=1S/C52H43BN2S/c1-6-7-15-31-24-26-32(27-25-31)55-43-28-35-34-17-9-13-23-45(34)56-46(35)30-37(43)47-48-36(33-16-8-10-18-38(33)52(48,4)5)29-44-49(47)53(55)41-21-14-20-40-50(41)54(44)42-22-12-11-19-39(42)51(40,2)3/h8-14,16-30H,6-7,15H2,1-5H3. The minimum atomic E-state index is -0.180. The third-order valence-electron chi connectivity index (χ3n) is 13.8. The SMILES string of the molecule is CCCCc1ccc(N2B3c4cccc5c4N(c4ccccc4C5(C)C)c4cc5c(c(c43)-c3cc4sc6ccccc6c4cc32)C(C)(C)c2ccccc2-5)cc1. The average Bonchev–Trinajstić information content (AvgIpc) is 3.70. The summed E-state index contributed by atoms with van der Waals surface area (Å²) in [6.07, 6.45) is 3.52. The van der Waals surface area contributed by atoms with Crippen molar-refractivity contribution < 1.29 is 0 Å². The molecule has 0 spiro atoms. The quantitative estimate of drug-likeness (QED) is 0.166. The van der Waals surface area contributed by atoms with Gasteiger partial charge in [0.05, 0.1) is 5.69 Å². The van der Waals surface area contributed by atoms with Gasteiger partial charge in [0.25, 0.3) is 0 Å². The normalized spacial score (nSPS) is 16.0. The van der Waals surface area contributed by atoms with Crippen molar-refractivity contribution in [2.75, 3.05) is 9.71 Å². The lowest BCUT2D eigenvalue weighted by Crippen LogP contribution is -2.62. The van der Waals surface area contributed by atoms with Crippen molar-refractivity contribution in [1.29, 1.82) is 0 Å². The van der Waals surface area contributed by atoms with Gasteiger partial charge in [-0.15, -0.1) is 11.3 Å². The van der Waals surface area contributed by atoms with E-state index in [1.54, 1.807) is 0 Å². The zero-order valence-corrected chi connectivity index (χ0v) is 33.5. The molecule has 4 heteroatoms. The van der Waals surface area contributed by atoms with Crippen LogP contribution in [-0.2, 0) is 17.3 Å². The highest BCUT2D eigenvalue weighted by Crippen LogP contribution is 2.60. The fourth-order valence-corrected chi connectivity index (χ4v) is 12.3. The van der Waals surface area contributed by atoms with E-state index in [4.69, 9.17) is 0 Å². The zero-order valence-electron chi connectivity index (χ0n) is 32.7. The van der Waals surface area contributed by atoms with Crippen LogP contribution in [0.2, 0.25) is 0 Å². The molecule has 0 amide bonds. The van der Waals surface area contributed by atoms with Crippen molar-refractivity contribution in [1.82, 2.24) is 0 Å². The second kappa shape index (κ2) is 11.3. The van der Waals surface area contributed by atoms with Gasteiger partial charge in [-0.05, 0) is 111 Å². The Bertz CT molecular complexity index is 2990. The van der Waals surface area contributed by atoms with Crippen LogP contribution in [0.1, 0.15) is 75.3 Å². The fourth-order valence-electron chi connectivity index (χ4n) is 11.1. The molecule has 0 unspecified atom stereocenters. The summed E-state index contributed by atoms with van der Waals surface area (Å²) >= 11 is 1.93. The molecule has 4 heterocycles. The van der Waals surface area contributed by atoms with Gasteiger partial charge >= 0.3 is 6.85 Å². The largest absolute Gasteiger partial charge is 0.376 e. The van der Waals surface area contributed by atoms with Crippen molar-refractivity contribution in [3.8, 4) is 22.3 Å². The first-order valence-electron chi connectivity index (χ1n) is 20.5. The summed E-state index contributed by atoms with van der Waals surface area (Å²) in [5.41, 5.74) is 21.5. The second-order valence-corrected chi connectivity index (χ2v) is 18.6. The Morgan fingerprint density at radius 3 is 2.18 bits per heavy atom. The van der Waals surface area contributed by atoms with Gasteiger partial charge in [0.15, 0.2) is 0 Å². The molecule has 12 rings (SSSR count). The molecule has 0 saturated heterocycles. The molecular formula is C52H43BN2S. The predicted octanol–water partition coefficient (Wildman–Crippen LogP) is 13.1. The minimum absolute atomic E-state index is 0.0200. The number of hydrogen-bond donors (Lipinski definition) is 0. The van der Waals surface area contributed by atoms with E-state index in [2.05, 4.69) is 178 Å². The van der Waals surface area contributed by atoms with Crippen molar-refractivity contribution in [3.05, 3.63) is 161 Å². The summed E-state index contributed by atoms with van der Waals surface area (Å²) < 4.78 is 2.69. The van der Waals surface area contributed by atoms with Crippen LogP contribution >= 0.6 is 11.3 Å². The first kappa shape index (κ1) is 32.6. The molecule has 2 nitrogen and oxygen atoms in total. The average molecular weight is 739 g/mol. The highest BCUT2D eigenvalue weighted by Gasteiger charge is 2.52. The van der Waals surface area contributed by atoms with Gasteiger partial charge < -0.3 is 9.71 Å². The molecule has 270 valence electrons. The Kier molecular flexibility index (Phi) is 6.57. The third kappa shape index (κ3) is 4.08. The highest BCUT2D eigenvalue weighted by atomic mass is 32.1. The number of para-hydroxylation sites is 2. The van der Waals surface area contributed by atoms with Gasteiger partial charge in [-0.3, -0.25) is 0 Å². The maximum absolute atomic E-state index is 2.72. The number of hydrogen-bond acceptors (Lipinski definition) is 3. The van der Waals surface area contributed by atoms with E-state index in [1.165, 1.54) is 122 Å². The van der Waals surface area contributed by atoms with Gasteiger partial charge in [-0.25, -0.2) is 0 Å². The molecule has 56 heavy (non-hydrogen) atoms. The lowest BCUT2D eigenvalue weighted by atomic mass is 9.42. The fraction of sp³-hybridized carbons (Fsp3) is 0.192. The summed E-state index contributed by atoms with van der Waals surface area (Å²) in [4.78, 5) is 5.38. The van der Waals surface area contributed by atoms with Crippen LogP contribution in [0.5, 0.6) is 0 Å². The summed E-state index contributed by atoms with van der Waals surface area (Å²) in [5, 5.41) is 2.68. The van der Waals surface area contributed by atoms with Crippen LogP contribution in [0.3, 0.4) is 0 Å². The number of benzene rings is 7. The first-order chi connectivity index (χ1) is 27.3. The predicted molar refractivity (Wildman–Crippen MR) is 241 cm³/mol. The van der Waals surface area contributed by atoms with E-state index in [1.807, 2.05) is 11.3 Å². The molecule has 0 N–H and O–H groups in total. The van der Waals surface area contributed by atoms with Gasteiger partial charge in [-0.2, -0.15) is 0 Å². The molecule has 0 radical (unpaired) electrons. The molecule has 0 bridgehead atoms. The maximum atomic E-state index is 2.72. The van der Waals surface area contributed by atoms with Crippen molar-refractivity contribution in [2.45, 2.75) is 64.7 Å². The molecular weight excluding hydrogens is 695 g/mol. The van der Waals surface area contributed by atoms with E-state index in [-0.39, 0.29) is 17.7 Å². The van der Waals surface area contributed by atoms with Crippen LogP contribution in [-0.4, -0.2) is 6.85 Å². The molecule has 4 aliphatic rings. The number of fused-ring (bicyclic) bond motifs is 13. The van der Waals surface area contributed by atoms with Crippen LogP contribution in [0.15, 0.2) is 133 Å². The molecule has 3 aliphatic heterocycles. The topological polar surface area (TPSA) is 6.48 Å². The maximum Gasteiger partial charge on any atom is 0.333 e. The van der Waals surface area contributed by atoms with Gasteiger partial charge in [0.2, 0.25) is 0 Å². The first-order valence-corrected chi connectivity index (χ1v) is 21.3. The monoisotopic (exact) mass is 738 g/mol. The van der Waals surface area contributed by atoms with Crippen molar-refractivity contribution in [3.63, 3.8) is 0 Å². The van der Waals surface area contributed by atoms with E-state index < -0.39 is 0 Å². The number of thiophene rings is 1. The summed E-state index contributed by atoms with van der Waals surface area (Å²) in [6, 6.07) is 51.8. The van der Waals surface area contributed by atoms with E-state index in [0.717, 1.165) is 6.42 Å². The lowest BCUT2D eigenvalue weighted by molar-refractivity contribution is 0.632. The van der Waals surface area contributed by atoms with Gasteiger partial charge in [0.1, 0.15) is 0 Å². The summed E-state index contributed by atoms with van der Waals surface area (Å²) in [6.45, 7) is 12.0. The van der Waals surface area contributed by atoms with E-state index in [0.29, 0.717) is 0 Å². The molecule has 0 atom stereocenters. The van der Waals surface area contributed by atoms with E-state index >= 15 is 0 Å².